The average molecular weight is 363 g/mol. The Bertz CT molecular complexity index is 662. The third-order valence-electron chi connectivity index (χ3n) is 2.71. The SMILES string of the molecule is O=[N+]([O-])c1ccc(C(F)(F)c2ccc(Br)cc2)c(Cl)c1. The third-order valence-corrected chi connectivity index (χ3v) is 3.55. The van der Waals surface area contributed by atoms with E-state index in [-0.39, 0.29) is 16.3 Å². The quantitative estimate of drug-likeness (QED) is 0.560. The van der Waals surface area contributed by atoms with Gasteiger partial charge in [-0.15, -0.1) is 0 Å². The van der Waals surface area contributed by atoms with Crippen LogP contribution >= 0.6 is 27.5 Å². The van der Waals surface area contributed by atoms with Crippen LogP contribution in [0.2, 0.25) is 5.02 Å². The molecule has 0 spiro atoms. The summed E-state index contributed by atoms with van der Waals surface area (Å²) in [6.45, 7) is 0. The van der Waals surface area contributed by atoms with Gasteiger partial charge in [-0.1, -0.05) is 39.7 Å². The van der Waals surface area contributed by atoms with Gasteiger partial charge >= 0.3 is 0 Å². The van der Waals surface area contributed by atoms with Crippen LogP contribution in [0.25, 0.3) is 0 Å². The number of rotatable bonds is 3. The van der Waals surface area contributed by atoms with Crippen molar-refractivity contribution in [2.75, 3.05) is 0 Å². The number of nitro groups is 1. The van der Waals surface area contributed by atoms with Gasteiger partial charge in [-0.05, 0) is 18.2 Å². The van der Waals surface area contributed by atoms with Crippen LogP contribution in [0.5, 0.6) is 0 Å². The van der Waals surface area contributed by atoms with E-state index in [1.54, 1.807) is 0 Å². The molecule has 0 saturated carbocycles. The summed E-state index contributed by atoms with van der Waals surface area (Å²) in [5.41, 5.74) is -1.03. The highest BCUT2D eigenvalue weighted by Gasteiger charge is 2.36. The van der Waals surface area contributed by atoms with Gasteiger partial charge in [0.05, 0.1) is 9.95 Å². The molecule has 0 heterocycles. The first kappa shape index (κ1) is 14.9. The van der Waals surface area contributed by atoms with E-state index in [9.17, 15) is 18.9 Å². The maximum Gasteiger partial charge on any atom is 0.299 e. The molecule has 0 fully saturated rings. The number of halogens is 4. The Labute approximate surface area is 126 Å². The number of hydrogen-bond acceptors (Lipinski definition) is 2. The molecular formula is C13H7BrClF2NO2. The molecule has 2 rings (SSSR count). The number of nitrogens with zero attached hydrogens (tertiary/aromatic N) is 1. The van der Waals surface area contributed by atoms with E-state index in [4.69, 9.17) is 11.6 Å². The Kier molecular flexibility index (Phi) is 4.06. The van der Waals surface area contributed by atoms with Crippen molar-refractivity contribution in [1.29, 1.82) is 0 Å². The normalized spacial score (nSPS) is 11.4. The fourth-order valence-electron chi connectivity index (χ4n) is 1.69. The van der Waals surface area contributed by atoms with E-state index < -0.39 is 16.4 Å². The zero-order valence-corrected chi connectivity index (χ0v) is 12.2. The van der Waals surface area contributed by atoms with Gasteiger partial charge < -0.3 is 0 Å². The van der Waals surface area contributed by atoms with E-state index in [0.29, 0.717) is 4.47 Å². The minimum absolute atomic E-state index is 0.239. The molecule has 0 unspecified atom stereocenters. The molecule has 104 valence electrons. The number of hydrogen-bond donors (Lipinski definition) is 0. The van der Waals surface area contributed by atoms with Gasteiger partial charge in [0.15, 0.2) is 0 Å². The van der Waals surface area contributed by atoms with Crippen molar-refractivity contribution in [3.63, 3.8) is 0 Å². The first-order valence-electron chi connectivity index (χ1n) is 5.40. The molecule has 7 heteroatoms. The lowest BCUT2D eigenvalue weighted by atomic mass is 10.00. The van der Waals surface area contributed by atoms with Crippen LogP contribution in [-0.4, -0.2) is 4.92 Å². The molecule has 0 aliphatic rings. The zero-order chi connectivity index (χ0) is 14.9. The smallest absolute Gasteiger partial charge is 0.258 e. The van der Waals surface area contributed by atoms with E-state index in [0.717, 1.165) is 18.2 Å². The van der Waals surface area contributed by atoms with Gasteiger partial charge in [-0.3, -0.25) is 10.1 Å². The highest BCUT2D eigenvalue weighted by atomic mass is 79.9. The Morgan fingerprint density at radius 3 is 2.25 bits per heavy atom. The molecule has 0 atom stereocenters. The molecule has 0 aromatic heterocycles. The molecule has 0 N–H and O–H groups in total. The van der Waals surface area contributed by atoms with Crippen LogP contribution in [0.4, 0.5) is 14.5 Å². The predicted octanol–water partition coefficient (Wildman–Crippen LogP) is 5.15. The van der Waals surface area contributed by atoms with Gasteiger partial charge in [0.1, 0.15) is 0 Å². The minimum atomic E-state index is -3.33. The van der Waals surface area contributed by atoms with Crippen LogP contribution in [0, 0.1) is 10.1 Å². The van der Waals surface area contributed by atoms with Crippen LogP contribution in [0.1, 0.15) is 11.1 Å². The van der Waals surface area contributed by atoms with E-state index in [1.165, 1.54) is 24.3 Å². The summed E-state index contributed by atoms with van der Waals surface area (Å²) < 4.78 is 29.4. The Morgan fingerprint density at radius 1 is 1.15 bits per heavy atom. The molecule has 0 bridgehead atoms. The molecule has 0 aliphatic heterocycles. The molecule has 20 heavy (non-hydrogen) atoms. The Hall–Kier alpha value is -1.53. The second kappa shape index (κ2) is 5.46. The predicted molar refractivity (Wildman–Crippen MR) is 75.2 cm³/mol. The summed E-state index contributed by atoms with van der Waals surface area (Å²) in [7, 11) is 0. The summed E-state index contributed by atoms with van der Waals surface area (Å²) >= 11 is 8.91. The molecule has 0 amide bonds. The van der Waals surface area contributed by atoms with E-state index in [2.05, 4.69) is 15.9 Å². The lowest BCUT2D eigenvalue weighted by Gasteiger charge is -2.18. The Morgan fingerprint density at radius 2 is 1.75 bits per heavy atom. The highest BCUT2D eigenvalue weighted by molar-refractivity contribution is 9.10. The van der Waals surface area contributed by atoms with Crippen LogP contribution in [-0.2, 0) is 5.92 Å². The van der Waals surface area contributed by atoms with Crippen molar-refractivity contribution < 1.29 is 13.7 Å². The summed E-state index contributed by atoms with van der Waals surface area (Å²) in [6.07, 6.45) is 0. The van der Waals surface area contributed by atoms with Crippen molar-refractivity contribution in [1.82, 2.24) is 0 Å². The van der Waals surface area contributed by atoms with Crippen molar-refractivity contribution in [2.45, 2.75) is 5.92 Å². The number of nitro benzene ring substituents is 1. The van der Waals surface area contributed by atoms with Gasteiger partial charge in [-0.2, -0.15) is 8.78 Å². The fraction of sp³-hybridized carbons (Fsp3) is 0.0769. The Balaban J connectivity index is 2.48. The number of benzene rings is 2. The second-order valence-electron chi connectivity index (χ2n) is 4.00. The fourth-order valence-corrected chi connectivity index (χ4v) is 2.24. The maximum absolute atomic E-state index is 14.3. The maximum atomic E-state index is 14.3. The van der Waals surface area contributed by atoms with Crippen LogP contribution < -0.4 is 0 Å². The molecule has 0 saturated heterocycles. The average Bonchev–Trinajstić information content (AvgIpc) is 2.38. The standard InChI is InChI=1S/C13H7BrClF2NO2/c14-9-3-1-8(2-4-9)13(16,17)11-6-5-10(18(19)20)7-12(11)15/h1-7H. The summed E-state index contributed by atoms with van der Waals surface area (Å²) in [4.78, 5) is 9.89. The van der Waals surface area contributed by atoms with Crippen molar-refractivity contribution >= 4 is 33.2 Å². The van der Waals surface area contributed by atoms with Gasteiger partial charge in [-0.25, -0.2) is 0 Å². The van der Waals surface area contributed by atoms with Crippen molar-refractivity contribution in [2.24, 2.45) is 0 Å². The van der Waals surface area contributed by atoms with Gasteiger partial charge in [0.25, 0.3) is 11.6 Å². The first-order valence-corrected chi connectivity index (χ1v) is 6.58. The topological polar surface area (TPSA) is 43.1 Å². The lowest BCUT2D eigenvalue weighted by Crippen LogP contribution is -2.15. The molecule has 3 nitrogen and oxygen atoms in total. The summed E-state index contributed by atoms with van der Waals surface area (Å²) in [5.74, 6) is -3.33. The van der Waals surface area contributed by atoms with Gasteiger partial charge in [0.2, 0.25) is 0 Å². The summed E-state index contributed by atoms with van der Waals surface area (Å²) in [5, 5.41) is 10.2. The zero-order valence-electron chi connectivity index (χ0n) is 9.82. The van der Waals surface area contributed by atoms with Gasteiger partial charge in [0, 0.05) is 27.7 Å². The van der Waals surface area contributed by atoms with Crippen molar-refractivity contribution in [3.05, 3.63) is 73.2 Å². The highest BCUT2D eigenvalue weighted by Crippen LogP contribution is 2.40. The van der Waals surface area contributed by atoms with Crippen molar-refractivity contribution in [3.8, 4) is 0 Å². The monoisotopic (exact) mass is 361 g/mol. The molecule has 0 aliphatic carbocycles. The molecular weight excluding hydrogens is 356 g/mol. The lowest BCUT2D eigenvalue weighted by molar-refractivity contribution is -0.384. The molecule has 0 radical (unpaired) electrons. The second-order valence-corrected chi connectivity index (χ2v) is 5.33. The van der Waals surface area contributed by atoms with E-state index >= 15 is 0 Å². The summed E-state index contributed by atoms with van der Waals surface area (Å²) in [6, 6.07) is 8.41. The first-order chi connectivity index (χ1) is 9.32. The largest absolute Gasteiger partial charge is 0.299 e. The van der Waals surface area contributed by atoms with E-state index in [1.807, 2.05) is 0 Å². The number of alkyl halides is 2. The minimum Gasteiger partial charge on any atom is -0.258 e. The van der Waals surface area contributed by atoms with Crippen LogP contribution in [0.3, 0.4) is 0 Å². The third kappa shape index (κ3) is 2.81. The van der Waals surface area contributed by atoms with Crippen LogP contribution in [0.15, 0.2) is 46.9 Å². The molecule has 2 aromatic carbocycles. The molecule has 2 aromatic rings. The number of non-ortho nitro benzene ring substituents is 1.